The summed E-state index contributed by atoms with van der Waals surface area (Å²) < 4.78 is 5.49. The van der Waals surface area contributed by atoms with Crippen molar-refractivity contribution in [3.05, 3.63) is 48.0 Å². The van der Waals surface area contributed by atoms with Crippen LogP contribution < -0.4 is 0 Å². The maximum atomic E-state index is 11.1. The zero-order chi connectivity index (χ0) is 13.4. The lowest BCUT2D eigenvalue weighted by molar-refractivity contribution is 0.0698. The Hall–Kier alpha value is -2.82. The van der Waals surface area contributed by atoms with Crippen LogP contribution in [0.3, 0.4) is 0 Å². The van der Waals surface area contributed by atoms with Gasteiger partial charge < -0.3 is 14.6 Å². The molecule has 0 bridgehead atoms. The third-order valence-corrected chi connectivity index (χ3v) is 2.73. The van der Waals surface area contributed by atoms with Gasteiger partial charge in [0, 0.05) is 11.6 Å². The van der Waals surface area contributed by atoms with E-state index in [9.17, 15) is 9.90 Å². The molecule has 0 radical (unpaired) electrons. The SMILES string of the molecule is O=C(O)c1cc(O)cc2oc(-c3ccccc3)nc12. The summed E-state index contributed by atoms with van der Waals surface area (Å²) in [6, 6.07) is 11.7. The third-order valence-electron chi connectivity index (χ3n) is 2.73. The number of rotatable bonds is 2. The quantitative estimate of drug-likeness (QED) is 0.735. The first kappa shape index (κ1) is 11.3. The summed E-state index contributed by atoms with van der Waals surface area (Å²) in [4.78, 5) is 15.3. The Kier molecular flexibility index (Phi) is 2.45. The van der Waals surface area contributed by atoms with Crippen LogP contribution in [0.4, 0.5) is 0 Å². The van der Waals surface area contributed by atoms with E-state index < -0.39 is 5.97 Å². The van der Waals surface area contributed by atoms with E-state index >= 15 is 0 Å². The number of hydrogen-bond acceptors (Lipinski definition) is 4. The number of carboxylic acids is 1. The topological polar surface area (TPSA) is 83.6 Å². The van der Waals surface area contributed by atoms with Gasteiger partial charge in [-0.15, -0.1) is 0 Å². The molecular formula is C14H9NO4. The number of hydrogen-bond donors (Lipinski definition) is 2. The molecule has 3 aromatic rings. The van der Waals surface area contributed by atoms with E-state index in [1.54, 1.807) is 0 Å². The number of phenols is 1. The highest BCUT2D eigenvalue weighted by atomic mass is 16.4. The van der Waals surface area contributed by atoms with Crippen LogP contribution in [0, 0.1) is 0 Å². The number of aromatic carboxylic acids is 1. The molecule has 2 aromatic carbocycles. The minimum absolute atomic E-state index is 0.0825. The number of nitrogens with zero attached hydrogens (tertiary/aromatic N) is 1. The van der Waals surface area contributed by atoms with Crippen LogP contribution >= 0.6 is 0 Å². The lowest BCUT2D eigenvalue weighted by Gasteiger charge is -1.95. The van der Waals surface area contributed by atoms with Crippen molar-refractivity contribution in [1.29, 1.82) is 0 Å². The number of phenolic OH excluding ortho intramolecular Hbond substituents is 1. The molecule has 19 heavy (non-hydrogen) atoms. The summed E-state index contributed by atoms with van der Waals surface area (Å²) in [7, 11) is 0. The molecule has 5 nitrogen and oxygen atoms in total. The molecule has 94 valence electrons. The molecule has 5 heteroatoms. The van der Waals surface area contributed by atoms with Crippen LogP contribution in [-0.4, -0.2) is 21.2 Å². The smallest absolute Gasteiger partial charge is 0.338 e. The number of benzene rings is 2. The highest BCUT2D eigenvalue weighted by Crippen LogP contribution is 2.29. The zero-order valence-corrected chi connectivity index (χ0v) is 9.70. The first-order chi connectivity index (χ1) is 9.15. The lowest BCUT2D eigenvalue weighted by atomic mass is 10.2. The third kappa shape index (κ3) is 1.91. The summed E-state index contributed by atoms with van der Waals surface area (Å²) >= 11 is 0. The highest BCUT2D eigenvalue weighted by molar-refractivity contribution is 6.01. The van der Waals surface area contributed by atoms with Crippen molar-refractivity contribution < 1.29 is 19.4 Å². The first-order valence-electron chi connectivity index (χ1n) is 5.57. The van der Waals surface area contributed by atoms with E-state index in [0.29, 0.717) is 5.89 Å². The van der Waals surface area contributed by atoms with Gasteiger partial charge in [0.05, 0.1) is 5.56 Å². The van der Waals surface area contributed by atoms with Gasteiger partial charge >= 0.3 is 5.97 Å². The average Bonchev–Trinajstić information content (AvgIpc) is 2.82. The summed E-state index contributed by atoms with van der Waals surface area (Å²) in [6.07, 6.45) is 0. The molecule has 0 amide bonds. The molecule has 2 N–H and O–H groups in total. The van der Waals surface area contributed by atoms with E-state index in [2.05, 4.69) is 4.98 Å². The fourth-order valence-corrected chi connectivity index (χ4v) is 1.88. The molecule has 0 spiro atoms. The van der Waals surface area contributed by atoms with Gasteiger partial charge in [-0.2, -0.15) is 0 Å². The molecule has 0 fully saturated rings. The molecule has 0 aliphatic rings. The van der Waals surface area contributed by atoms with Crippen molar-refractivity contribution in [1.82, 2.24) is 4.98 Å². The predicted molar refractivity (Wildman–Crippen MR) is 68.1 cm³/mol. The number of carbonyl (C=O) groups is 1. The minimum atomic E-state index is -1.16. The summed E-state index contributed by atoms with van der Waals surface area (Å²) in [5, 5.41) is 18.6. The Morgan fingerprint density at radius 1 is 1.16 bits per heavy atom. The standard InChI is InChI=1S/C14H9NO4/c16-9-6-10(14(17)18)12-11(7-9)19-13(15-12)8-4-2-1-3-5-8/h1-7,16H,(H,17,18). The van der Waals surface area contributed by atoms with Gasteiger partial charge in [0.1, 0.15) is 11.3 Å². The Bertz CT molecular complexity index is 762. The fourth-order valence-electron chi connectivity index (χ4n) is 1.88. The van der Waals surface area contributed by atoms with Crippen molar-refractivity contribution in [3.8, 4) is 17.2 Å². The van der Waals surface area contributed by atoms with E-state index in [1.165, 1.54) is 6.07 Å². The van der Waals surface area contributed by atoms with Crippen LogP contribution in [0.15, 0.2) is 46.9 Å². The van der Waals surface area contributed by atoms with E-state index in [0.717, 1.165) is 11.6 Å². The summed E-state index contributed by atoms with van der Waals surface area (Å²) in [5.41, 5.74) is 1.14. The Balaban J connectivity index is 2.26. The van der Waals surface area contributed by atoms with Crippen LogP contribution in [0.5, 0.6) is 5.75 Å². The maximum absolute atomic E-state index is 11.1. The molecule has 3 rings (SSSR count). The predicted octanol–water partition coefficient (Wildman–Crippen LogP) is 2.90. The summed E-state index contributed by atoms with van der Waals surface area (Å²) in [5.74, 6) is -1.00. The van der Waals surface area contributed by atoms with Gasteiger partial charge in [0.25, 0.3) is 0 Å². The van der Waals surface area contributed by atoms with Gasteiger partial charge in [-0.25, -0.2) is 9.78 Å². The molecular weight excluding hydrogens is 246 g/mol. The van der Waals surface area contributed by atoms with Gasteiger partial charge in [-0.3, -0.25) is 0 Å². The average molecular weight is 255 g/mol. The second-order valence-corrected chi connectivity index (χ2v) is 4.03. The van der Waals surface area contributed by atoms with Gasteiger partial charge in [-0.1, -0.05) is 18.2 Å². The number of aromatic nitrogens is 1. The lowest BCUT2D eigenvalue weighted by Crippen LogP contribution is -1.97. The second-order valence-electron chi connectivity index (χ2n) is 4.03. The second kappa shape index (κ2) is 4.13. The molecule has 0 aliphatic heterocycles. The van der Waals surface area contributed by atoms with E-state index in [-0.39, 0.29) is 22.4 Å². The Morgan fingerprint density at radius 2 is 1.89 bits per heavy atom. The van der Waals surface area contributed by atoms with Gasteiger partial charge in [0.15, 0.2) is 5.58 Å². The van der Waals surface area contributed by atoms with Crippen LogP contribution in [0.2, 0.25) is 0 Å². The molecule has 0 unspecified atom stereocenters. The van der Waals surface area contributed by atoms with Crippen molar-refractivity contribution in [2.24, 2.45) is 0 Å². The zero-order valence-electron chi connectivity index (χ0n) is 9.70. The number of carboxylic acid groups (broad SMARTS) is 1. The van der Waals surface area contributed by atoms with Crippen LogP contribution in [0.25, 0.3) is 22.6 Å². The van der Waals surface area contributed by atoms with Crippen LogP contribution in [0.1, 0.15) is 10.4 Å². The molecule has 0 aliphatic carbocycles. The fraction of sp³-hybridized carbons (Fsp3) is 0. The summed E-state index contributed by atoms with van der Waals surface area (Å²) in [6.45, 7) is 0. The molecule has 0 saturated heterocycles. The largest absolute Gasteiger partial charge is 0.508 e. The van der Waals surface area contributed by atoms with Gasteiger partial charge in [-0.05, 0) is 18.2 Å². The number of fused-ring (bicyclic) bond motifs is 1. The van der Waals surface area contributed by atoms with Crippen LogP contribution in [-0.2, 0) is 0 Å². The maximum Gasteiger partial charge on any atom is 0.338 e. The van der Waals surface area contributed by atoms with Crippen molar-refractivity contribution in [2.45, 2.75) is 0 Å². The number of oxazole rings is 1. The molecule has 1 heterocycles. The molecule has 0 atom stereocenters. The molecule has 0 saturated carbocycles. The van der Waals surface area contributed by atoms with Crippen molar-refractivity contribution in [3.63, 3.8) is 0 Å². The first-order valence-corrected chi connectivity index (χ1v) is 5.57. The van der Waals surface area contributed by atoms with E-state index in [4.69, 9.17) is 9.52 Å². The Morgan fingerprint density at radius 3 is 2.58 bits per heavy atom. The Labute approximate surface area is 107 Å². The van der Waals surface area contributed by atoms with Crippen molar-refractivity contribution in [2.75, 3.05) is 0 Å². The number of aromatic hydroxyl groups is 1. The highest BCUT2D eigenvalue weighted by Gasteiger charge is 2.17. The minimum Gasteiger partial charge on any atom is -0.508 e. The monoisotopic (exact) mass is 255 g/mol. The normalized spacial score (nSPS) is 10.7. The molecule has 1 aromatic heterocycles. The van der Waals surface area contributed by atoms with Gasteiger partial charge in [0.2, 0.25) is 5.89 Å². The van der Waals surface area contributed by atoms with Crippen molar-refractivity contribution >= 4 is 17.1 Å². The van der Waals surface area contributed by atoms with E-state index in [1.807, 2.05) is 30.3 Å².